The number of hydrogen-bond acceptors (Lipinski definition) is 3. The molecule has 1 aliphatic heterocycles. The van der Waals surface area contributed by atoms with Gasteiger partial charge in [-0.05, 0) is 11.1 Å². The van der Waals surface area contributed by atoms with E-state index in [2.05, 4.69) is 11.2 Å². The monoisotopic (exact) mass is 272 g/mol. The van der Waals surface area contributed by atoms with Gasteiger partial charge in [0.05, 0.1) is 13.1 Å². The molecule has 0 saturated heterocycles. The number of rotatable bonds is 4. The van der Waals surface area contributed by atoms with Crippen LogP contribution in [0.1, 0.15) is 11.1 Å². The zero-order valence-corrected chi connectivity index (χ0v) is 11.0. The molecule has 5 heteroatoms. The van der Waals surface area contributed by atoms with Crippen molar-refractivity contribution in [2.24, 2.45) is 0 Å². The number of nitrogens with zero attached hydrogens (tertiary/aromatic N) is 1. The molecule has 0 aromatic heterocycles. The van der Waals surface area contributed by atoms with Crippen LogP contribution in [0.5, 0.6) is 0 Å². The number of nitrogens with one attached hydrogen (secondary N) is 1. The number of carboxylic acids is 1. The summed E-state index contributed by atoms with van der Waals surface area (Å²) in [7, 11) is 0. The Kier molecular flexibility index (Phi) is 4.38. The predicted molar refractivity (Wildman–Crippen MR) is 73.8 cm³/mol. The fourth-order valence-corrected chi connectivity index (χ4v) is 2.35. The number of amides is 1. The van der Waals surface area contributed by atoms with Gasteiger partial charge in [-0.15, -0.1) is 6.42 Å². The summed E-state index contributed by atoms with van der Waals surface area (Å²) in [6.07, 6.45) is 5.44. The van der Waals surface area contributed by atoms with Crippen molar-refractivity contribution in [2.75, 3.05) is 13.1 Å². The maximum atomic E-state index is 12.1. The van der Waals surface area contributed by atoms with Crippen molar-refractivity contribution in [2.45, 2.75) is 19.0 Å². The second-order valence-corrected chi connectivity index (χ2v) is 4.66. The Balaban J connectivity index is 2.16. The predicted octanol–water partition coefficient (Wildman–Crippen LogP) is 0.247. The van der Waals surface area contributed by atoms with E-state index in [-0.39, 0.29) is 19.0 Å². The minimum Gasteiger partial charge on any atom is -0.480 e. The molecule has 1 aromatic rings. The van der Waals surface area contributed by atoms with Crippen molar-refractivity contribution in [3.05, 3.63) is 35.4 Å². The maximum absolute atomic E-state index is 12.1. The number of benzene rings is 1. The van der Waals surface area contributed by atoms with Gasteiger partial charge in [0.25, 0.3) is 0 Å². The molecule has 2 rings (SSSR count). The molecule has 0 unspecified atom stereocenters. The molecule has 0 saturated carbocycles. The van der Waals surface area contributed by atoms with Crippen LogP contribution in [0.25, 0.3) is 0 Å². The van der Waals surface area contributed by atoms with Crippen LogP contribution in [-0.4, -0.2) is 41.0 Å². The van der Waals surface area contributed by atoms with E-state index in [0.717, 1.165) is 11.1 Å². The molecule has 1 atom stereocenters. The molecule has 104 valence electrons. The van der Waals surface area contributed by atoms with Crippen LogP contribution >= 0.6 is 0 Å². The summed E-state index contributed by atoms with van der Waals surface area (Å²) in [6.45, 7) is 0.660. The zero-order valence-electron chi connectivity index (χ0n) is 11.0. The second kappa shape index (κ2) is 6.22. The average molecular weight is 272 g/mol. The molecule has 1 aliphatic rings. The van der Waals surface area contributed by atoms with E-state index >= 15 is 0 Å². The molecular weight excluding hydrogens is 256 g/mol. The van der Waals surface area contributed by atoms with Gasteiger partial charge in [-0.3, -0.25) is 10.1 Å². The first kappa shape index (κ1) is 14.1. The number of hydrogen-bond donors (Lipinski definition) is 2. The Bertz CT molecular complexity index is 562. The first-order valence-electron chi connectivity index (χ1n) is 6.36. The van der Waals surface area contributed by atoms with Gasteiger partial charge in [0.1, 0.15) is 6.04 Å². The van der Waals surface area contributed by atoms with E-state index in [1.54, 1.807) is 0 Å². The molecule has 0 fully saturated rings. The van der Waals surface area contributed by atoms with Gasteiger partial charge in [0, 0.05) is 13.0 Å². The number of fused-ring (bicyclic) bond motifs is 1. The normalized spacial score (nSPS) is 17.1. The van der Waals surface area contributed by atoms with E-state index in [0.29, 0.717) is 13.0 Å². The molecule has 2 N–H and O–H groups in total. The molecule has 20 heavy (non-hydrogen) atoms. The van der Waals surface area contributed by atoms with Gasteiger partial charge in [0.2, 0.25) is 5.91 Å². The first-order chi connectivity index (χ1) is 9.63. The Morgan fingerprint density at radius 1 is 1.40 bits per heavy atom. The summed E-state index contributed by atoms with van der Waals surface area (Å²) in [6, 6.07) is 6.78. The largest absolute Gasteiger partial charge is 0.480 e. The van der Waals surface area contributed by atoms with Gasteiger partial charge in [0.15, 0.2) is 0 Å². The van der Waals surface area contributed by atoms with Crippen LogP contribution < -0.4 is 5.32 Å². The highest BCUT2D eigenvalue weighted by Gasteiger charge is 2.33. The summed E-state index contributed by atoms with van der Waals surface area (Å²) >= 11 is 0. The third-order valence-corrected chi connectivity index (χ3v) is 3.36. The third-order valence-electron chi connectivity index (χ3n) is 3.36. The lowest BCUT2D eigenvalue weighted by atomic mass is 9.94. The lowest BCUT2D eigenvalue weighted by Crippen LogP contribution is -2.51. The number of terminal acetylenes is 1. The minimum absolute atomic E-state index is 0.0517. The fourth-order valence-electron chi connectivity index (χ4n) is 2.35. The van der Waals surface area contributed by atoms with Crippen molar-refractivity contribution in [3.63, 3.8) is 0 Å². The molecule has 0 aliphatic carbocycles. The summed E-state index contributed by atoms with van der Waals surface area (Å²) in [5.41, 5.74) is 1.98. The van der Waals surface area contributed by atoms with Crippen LogP contribution in [-0.2, 0) is 22.6 Å². The molecule has 5 nitrogen and oxygen atoms in total. The highest BCUT2D eigenvalue weighted by molar-refractivity contribution is 5.85. The van der Waals surface area contributed by atoms with E-state index < -0.39 is 12.0 Å². The van der Waals surface area contributed by atoms with E-state index in [9.17, 15) is 14.7 Å². The number of aliphatic carboxylic acids is 1. The average Bonchev–Trinajstić information content (AvgIpc) is 2.46. The van der Waals surface area contributed by atoms with Crippen molar-refractivity contribution >= 4 is 11.9 Å². The van der Waals surface area contributed by atoms with E-state index in [1.807, 2.05) is 24.3 Å². The van der Waals surface area contributed by atoms with Crippen LogP contribution in [0.2, 0.25) is 0 Å². The summed E-state index contributed by atoms with van der Waals surface area (Å²) in [5.74, 6) is 1.15. The SMILES string of the molecule is C#CCNCC(=O)N1Cc2ccccc2C[C@H]1C(=O)O. The standard InChI is InChI=1S/C15H16N2O3/c1-2-7-16-9-14(18)17-10-12-6-4-3-5-11(12)8-13(17)15(19)20/h1,3-6,13,16H,7-10H2,(H,19,20)/t13-/m0/s1. The first-order valence-corrected chi connectivity index (χ1v) is 6.36. The minimum atomic E-state index is -0.982. The molecule has 0 radical (unpaired) electrons. The van der Waals surface area contributed by atoms with Crippen LogP contribution in [0.4, 0.5) is 0 Å². The smallest absolute Gasteiger partial charge is 0.326 e. The Hall–Kier alpha value is -2.32. The highest BCUT2D eigenvalue weighted by Crippen LogP contribution is 2.23. The lowest BCUT2D eigenvalue weighted by molar-refractivity contribution is -0.151. The fraction of sp³-hybridized carbons (Fsp3) is 0.333. The van der Waals surface area contributed by atoms with Gasteiger partial charge in [-0.25, -0.2) is 4.79 Å². The van der Waals surface area contributed by atoms with Gasteiger partial charge < -0.3 is 10.0 Å². The molecule has 0 bridgehead atoms. The number of carbonyl (C=O) groups is 2. The summed E-state index contributed by atoms with van der Waals surface area (Å²) in [5, 5.41) is 12.1. The highest BCUT2D eigenvalue weighted by atomic mass is 16.4. The Labute approximate surface area is 117 Å². The van der Waals surface area contributed by atoms with Crippen LogP contribution in [0, 0.1) is 12.3 Å². The summed E-state index contributed by atoms with van der Waals surface area (Å²) < 4.78 is 0. The summed E-state index contributed by atoms with van der Waals surface area (Å²) in [4.78, 5) is 24.9. The molecular formula is C15H16N2O3. The van der Waals surface area contributed by atoms with Crippen LogP contribution in [0.15, 0.2) is 24.3 Å². The molecule has 1 amide bonds. The zero-order chi connectivity index (χ0) is 14.5. The van der Waals surface area contributed by atoms with E-state index in [4.69, 9.17) is 6.42 Å². The quantitative estimate of drug-likeness (QED) is 0.609. The maximum Gasteiger partial charge on any atom is 0.326 e. The Morgan fingerprint density at radius 2 is 2.10 bits per heavy atom. The Morgan fingerprint density at radius 3 is 2.75 bits per heavy atom. The molecule has 1 heterocycles. The molecule has 1 aromatic carbocycles. The number of carbonyl (C=O) groups excluding carboxylic acids is 1. The van der Waals surface area contributed by atoms with Gasteiger partial charge in [-0.2, -0.15) is 0 Å². The van der Waals surface area contributed by atoms with Gasteiger partial charge >= 0.3 is 5.97 Å². The molecule has 0 spiro atoms. The van der Waals surface area contributed by atoms with Gasteiger partial charge in [-0.1, -0.05) is 30.2 Å². The van der Waals surface area contributed by atoms with Crippen molar-refractivity contribution in [1.29, 1.82) is 0 Å². The topological polar surface area (TPSA) is 69.6 Å². The van der Waals surface area contributed by atoms with Crippen molar-refractivity contribution < 1.29 is 14.7 Å². The van der Waals surface area contributed by atoms with Crippen molar-refractivity contribution in [1.82, 2.24) is 10.2 Å². The third kappa shape index (κ3) is 2.98. The van der Waals surface area contributed by atoms with Crippen molar-refractivity contribution in [3.8, 4) is 12.3 Å². The van der Waals surface area contributed by atoms with E-state index in [1.165, 1.54) is 4.90 Å². The number of carboxylic acid groups (broad SMARTS) is 1. The van der Waals surface area contributed by atoms with Crippen LogP contribution in [0.3, 0.4) is 0 Å². The second-order valence-electron chi connectivity index (χ2n) is 4.66. The lowest BCUT2D eigenvalue weighted by Gasteiger charge is -2.34.